The minimum atomic E-state index is 0.217. The van der Waals surface area contributed by atoms with Crippen molar-refractivity contribution in [3.05, 3.63) is 59.7 Å². The third-order valence-electron chi connectivity index (χ3n) is 4.98. The van der Waals surface area contributed by atoms with Gasteiger partial charge >= 0.3 is 0 Å². The molecule has 144 valence electrons. The molecule has 1 saturated heterocycles. The van der Waals surface area contributed by atoms with E-state index in [9.17, 15) is 4.79 Å². The van der Waals surface area contributed by atoms with Crippen molar-refractivity contribution >= 4 is 5.91 Å². The summed E-state index contributed by atoms with van der Waals surface area (Å²) in [5, 5.41) is 0. The normalized spacial score (nSPS) is 18.5. The van der Waals surface area contributed by atoms with Crippen LogP contribution in [-0.4, -0.2) is 51.9 Å². The van der Waals surface area contributed by atoms with Gasteiger partial charge in [0.2, 0.25) is 5.91 Å². The number of hydrogen-bond acceptors (Lipinski definition) is 5. The number of methoxy groups -OCH3 is 1. The summed E-state index contributed by atoms with van der Waals surface area (Å²) in [6, 6.07) is 10.4. The Morgan fingerprint density at radius 1 is 1.11 bits per heavy atom. The molecule has 2 aromatic rings. The Morgan fingerprint density at radius 3 is 2.52 bits per heavy atom. The quantitative estimate of drug-likeness (QED) is 0.752. The number of amides is 1. The van der Waals surface area contributed by atoms with Crippen molar-refractivity contribution in [1.82, 2.24) is 19.8 Å². The molecule has 0 bridgehead atoms. The molecule has 1 fully saturated rings. The van der Waals surface area contributed by atoms with E-state index in [2.05, 4.69) is 33.9 Å². The second-order valence-corrected chi connectivity index (χ2v) is 6.99. The molecule has 0 spiro atoms. The molecular weight excluding hydrogens is 340 g/mol. The minimum absolute atomic E-state index is 0.217. The van der Waals surface area contributed by atoms with E-state index < -0.39 is 0 Å². The Morgan fingerprint density at radius 2 is 1.85 bits per heavy atom. The van der Waals surface area contributed by atoms with Crippen LogP contribution in [-0.2, 0) is 29.2 Å². The first-order valence-electron chi connectivity index (χ1n) is 9.54. The Hall–Kier alpha value is -2.31. The van der Waals surface area contributed by atoms with Crippen LogP contribution in [0.2, 0.25) is 0 Å². The van der Waals surface area contributed by atoms with Gasteiger partial charge < -0.3 is 9.64 Å². The summed E-state index contributed by atoms with van der Waals surface area (Å²) in [5.74, 6) is 0.924. The van der Waals surface area contributed by atoms with Crippen molar-refractivity contribution in [2.75, 3.05) is 20.2 Å². The maximum absolute atomic E-state index is 12.8. The summed E-state index contributed by atoms with van der Waals surface area (Å²) in [5.41, 5.74) is 2.24. The Bertz CT molecular complexity index is 721. The molecule has 0 radical (unpaired) electrons. The second kappa shape index (κ2) is 9.58. The smallest absolute Gasteiger partial charge is 0.224 e. The topological polar surface area (TPSA) is 58.6 Å². The van der Waals surface area contributed by atoms with E-state index in [1.165, 1.54) is 5.56 Å². The van der Waals surface area contributed by atoms with E-state index in [1.54, 1.807) is 7.11 Å². The van der Waals surface area contributed by atoms with Gasteiger partial charge in [-0.1, -0.05) is 37.3 Å². The van der Waals surface area contributed by atoms with Gasteiger partial charge in [0.25, 0.3) is 0 Å². The Balaban J connectivity index is 1.66. The summed E-state index contributed by atoms with van der Waals surface area (Å²) in [6.45, 7) is 5.65. The van der Waals surface area contributed by atoms with Crippen molar-refractivity contribution < 1.29 is 9.53 Å². The van der Waals surface area contributed by atoms with Crippen molar-refractivity contribution in [3.8, 4) is 0 Å². The van der Waals surface area contributed by atoms with Gasteiger partial charge in [0.05, 0.1) is 0 Å². The standard InChI is InChI=1S/C21H28N4O2/c1-3-19-15-24(13-18-11-22-20(16-27-2)23-12-18)10-9-21(26)25(19)14-17-7-5-4-6-8-17/h4-8,11-12,19H,3,9-10,13-16H2,1-2H3/t19-/m1/s1. The zero-order valence-corrected chi connectivity index (χ0v) is 16.2. The van der Waals surface area contributed by atoms with Crippen LogP contribution in [0.25, 0.3) is 0 Å². The zero-order chi connectivity index (χ0) is 19.1. The van der Waals surface area contributed by atoms with Crippen LogP contribution in [0.3, 0.4) is 0 Å². The zero-order valence-electron chi connectivity index (χ0n) is 16.2. The van der Waals surface area contributed by atoms with Crippen molar-refractivity contribution in [2.24, 2.45) is 0 Å². The van der Waals surface area contributed by atoms with Crippen LogP contribution >= 0.6 is 0 Å². The highest BCUT2D eigenvalue weighted by molar-refractivity contribution is 5.77. The van der Waals surface area contributed by atoms with E-state index in [0.29, 0.717) is 25.4 Å². The van der Waals surface area contributed by atoms with Gasteiger partial charge in [-0.3, -0.25) is 9.69 Å². The van der Waals surface area contributed by atoms with Crippen LogP contribution in [0.1, 0.15) is 36.7 Å². The van der Waals surface area contributed by atoms with Gasteiger partial charge in [0.1, 0.15) is 6.61 Å². The average molecular weight is 368 g/mol. The molecule has 1 aromatic carbocycles. The van der Waals surface area contributed by atoms with Gasteiger partial charge in [-0.05, 0) is 12.0 Å². The molecule has 1 aliphatic rings. The van der Waals surface area contributed by atoms with E-state index in [4.69, 9.17) is 4.74 Å². The molecule has 0 aliphatic carbocycles. The molecule has 3 rings (SSSR count). The molecule has 1 atom stereocenters. The van der Waals surface area contributed by atoms with Gasteiger partial charge in [-0.2, -0.15) is 0 Å². The van der Waals surface area contributed by atoms with Crippen molar-refractivity contribution in [1.29, 1.82) is 0 Å². The molecule has 6 heteroatoms. The highest BCUT2D eigenvalue weighted by Crippen LogP contribution is 2.19. The number of rotatable bonds is 7. The molecule has 6 nitrogen and oxygen atoms in total. The fraction of sp³-hybridized carbons (Fsp3) is 0.476. The fourth-order valence-electron chi connectivity index (χ4n) is 3.50. The third-order valence-corrected chi connectivity index (χ3v) is 4.98. The molecular formula is C21H28N4O2. The van der Waals surface area contributed by atoms with Gasteiger partial charge in [0.15, 0.2) is 5.82 Å². The summed E-state index contributed by atoms with van der Waals surface area (Å²) in [4.78, 5) is 25.8. The van der Waals surface area contributed by atoms with Crippen LogP contribution in [0, 0.1) is 0 Å². The molecule has 0 unspecified atom stereocenters. The van der Waals surface area contributed by atoms with Gasteiger partial charge in [0, 0.05) is 63.7 Å². The molecule has 0 N–H and O–H groups in total. The van der Waals surface area contributed by atoms with Crippen LogP contribution < -0.4 is 0 Å². The van der Waals surface area contributed by atoms with Crippen molar-refractivity contribution in [3.63, 3.8) is 0 Å². The number of hydrogen-bond donors (Lipinski definition) is 0. The summed E-state index contributed by atoms with van der Waals surface area (Å²) in [6.07, 6.45) is 5.21. The molecule has 27 heavy (non-hydrogen) atoms. The highest BCUT2D eigenvalue weighted by Gasteiger charge is 2.28. The van der Waals surface area contributed by atoms with E-state index >= 15 is 0 Å². The van der Waals surface area contributed by atoms with E-state index in [1.807, 2.05) is 35.5 Å². The lowest BCUT2D eigenvalue weighted by molar-refractivity contribution is -0.133. The van der Waals surface area contributed by atoms with E-state index in [0.717, 1.165) is 31.6 Å². The largest absolute Gasteiger partial charge is 0.377 e. The number of ether oxygens (including phenoxy) is 1. The summed E-state index contributed by atoms with van der Waals surface area (Å²) in [7, 11) is 1.64. The highest BCUT2D eigenvalue weighted by atomic mass is 16.5. The number of carbonyl (C=O) groups excluding carboxylic acids is 1. The van der Waals surface area contributed by atoms with Crippen LogP contribution in [0.15, 0.2) is 42.7 Å². The minimum Gasteiger partial charge on any atom is -0.377 e. The average Bonchev–Trinajstić information content (AvgIpc) is 2.84. The number of aromatic nitrogens is 2. The number of carbonyl (C=O) groups is 1. The van der Waals surface area contributed by atoms with Crippen molar-refractivity contribution in [2.45, 2.75) is 45.5 Å². The first kappa shape index (κ1) is 19.5. The predicted octanol–water partition coefficient (Wildman–Crippen LogP) is 2.64. The summed E-state index contributed by atoms with van der Waals surface area (Å²) < 4.78 is 5.06. The SMILES string of the molecule is CC[C@@H]1CN(Cc2cnc(COC)nc2)CCC(=O)N1Cc1ccccc1. The lowest BCUT2D eigenvalue weighted by Crippen LogP contribution is -2.42. The predicted molar refractivity (Wildman–Crippen MR) is 104 cm³/mol. The molecule has 1 aromatic heterocycles. The monoisotopic (exact) mass is 368 g/mol. The third kappa shape index (κ3) is 5.34. The van der Waals surface area contributed by atoms with Crippen LogP contribution in [0.4, 0.5) is 0 Å². The summed E-state index contributed by atoms with van der Waals surface area (Å²) >= 11 is 0. The molecule has 1 amide bonds. The van der Waals surface area contributed by atoms with Crippen LogP contribution in [0.5, 0.6) is 0 Å². The Labute approximate surface area is 161 Å². The lowest BCUT2D eigenvalue weighted by atomic mass is 10.1. The maximum Gasteiger partial charge on any atom is 0.224 e. The number of benzene rings is 1. The van der Waals surface area contributed by atoms with Gasteiger partial charge in [-0.15, -0.1) is 0 Å². The second-order valence-electron chi connectivity index (χ2n) is 6.99. The lowest BCUT2D eigenvalue weighted by Gasteiger charge is -2.31. The number of nitrogens with zero attached hydrogens (tertiary/aromatic N) is 4. The first-order valence-corrected chi connectivity index (χ1v) is 9.54. The van der Waals surface area contributed by atoms with E-state index in [-0.39, 0.29) is 11.9 Å². The Kier molecular flexibility index (Phi) is 6.90. The fourth-order valence-corrected chi connectivity index (χ4v) is 3.50. The molecule has 1 aliphatic heterocycles. The van der Waals surface area contributed by atoms with Gasteiger partial charge in [-0.25, -0.2) is 9.97 Å². The maximum atomic E-state index is 12.8. The first-order chi connectivity index (χ1) is 13.2. The molecule has 0 saturated carbocycles. The molecule has 2 heterocycles.